The molecule has 0 atom stereocenters. The van der Waals surface area contributed by atoms with Crippen LogP contribution in [0.2, 0.25) is 0 Å². The Balaban J connectivity index is 2.78. The van der Waals surface area contributed by atoms with Gasteiger partial charge in [0.2, 0.25) is 0 Å². The second kappa shape index (κ2) is 8.39. The SMILES string of the molecule is CCCCCSc1ccccc1C=C(C#N)C#N. The summed E-state index contributed by atoms with van der Waals surface area (Å²) in [5.74, 6) is 1.08. The van der Waals surface area contributed by atoms with Crippen LogP contribution in [0.3, 0.4) is 0 Å². The van der Waals surface area contributed by atoms with Crippen molar-refractivity contribution >= 4 is 17.8 Å². The van der Waals surface area contributed by atoms with Gasteiger partial charge in [-0.25, -0.2) is 0 Å². The zero-order chi connectivity index (χ0) is 13.2. The number of thioether (sulfide) groups is 1. The number of benzene rings is 1. The Morgan fingerprint density at radius 2 is 1.94 bits per heavy atom. The van der Waals surface area contributed by atoms with Gasteiger partial charge in [-0.1, -0.05) is 38.0 Å². The summed E-state index contributed by atoms with van der Waals surface area (Å²) >= 11 is 1.79. The largest absolute Gasteiger partial charge is 0.192 e. The number of rotatable bonds is 6. The summed E-state index contributed by atoms with van der Waals surface area (Å²) in [7, 11) is 0. The Bertz CT molecular complexity index is 476. The summed E-state index contributed by atoms with van der Waals surface area (Å²) in [6.45, 7) is 2.19. The number of nitriles is 2. The third-order valence-corrected chi connectivity index (χ3v) is 3.64. The maximum absolute atomic E-state index is 8.78. The highest BCUT2D eigenvalue weighted by molar-refractivity contribution is 7.99. The van der Waals surface area contributed by atoms with Crippen molar-refractivity contribution in [3.8, 4) is 12.1 Å². The first-order valence-electron chi connectivity index (χ1n) is 6.05. The molecule has 0 saturated heterocycles. The number of nitrogens with zero attached hydrogens (tertiary/aromatic N) is 2. The fourth-order valence-corrected chi connectivity index (χ4v) is 2.55. The van der Waals surface area contributed by atoms with Crippen molar-refractivity contribution in [1.82, 2.24) is 0 Å². The summed E-state index contributed by atoms with van der Waals surface area (Å²) in [6.07, 6.45) is 5.31. The van der Waals surface area contributed by atoms with Crippen molar-refractivity contribution in [3.63, 3.8) is 0 Å². The monoisotopic (exact) mass is 256 g/mol. The van der Waals surface area contributed by atoms with Crippen LogP contribution >= 0.6 is 11.8 Å². The predicted molar refractivity (Wildman–Crippen MR) is 75.9 cm³/mol. The second-order valence-electron chi connectivity index (χ2n) is 3.88. The second-order valence-corrected chi connectivity index (χ2v) is 5.01. The molecule has 0 fully saturated rings. The zero-order valence-corrected chi connectivity index (χ0v) is 11.3. The molecule has 3 heteroatoms. The van der Waals surface area contributed by atoms with Crippen LogP contribution < -0.4 is 0 Å². The van der Waals surface area contributed by atoms with Crippen molar-refractivity contribution < 1.29 is 0 Å². The van der Waals surface area contributed by atoms with Gasteiger partial charge in [-0.3, -0.25) is 0 Å². The van der Waals surface area contributed by atoms with Gasteiger partial charge in [0.05, 0.1) is 0 Å². The van der Waals surface area contributed by atoms with Crippen LogP contribution in [0.4, 0.5) is 0 Å². The maximum Gasteiger partial charge on any atom is 0.130 e. The van der Waals surface area contributed by atoms with Gasteiger partial charge in [0.1, 0.15) is 17.7 Å². The van der Waals surface area contributed by atoms with E-state index in [0.717, 1.165) is 16.2 Å². The van der Waals surface area contributed by atoms with Gasteiger partial charge in [0, 0.05) is 4.90 Å². The van der Waals surface area contributed by atoms with Crippen LogP contribution in [0.1, 0.15) is 31.7 Å². The van der Waals surface area contributed by atoms with E-state index in [2.05, 4.69) is 6.92 Å². The van der Waals surface area contributed by atoms with E-state index in [4.69, 9.17) is 10.5 Å². The van der Waals surface area contributed by atoms with Gasteiger partial charge in [-0.05, 0) is 29.9 Å². The highest BCUT2D eigenvalue weighted by atomic mass is 32.2. The molecule has 0 saturated carbocycles. The molecule has 0 aliphatic rings. The lowest BCUT2D eigenvalue weighted by atomic mass is 10.1. The first-order valence-corrected chi connectivity index (χ1v) is 7.04. The number of allylic oxidation sites excluding steroid dienone is 1. The van der Waals surface area contributed by atoms with Crippen molar-refractivity contribution in [2.75, 3.05) is 5.75 Å². The molecule has 0 bridgehead atoms. The minimum Gasteiger partial charge on any atom is -0.192 e. The van der Waals surface area contributed by atoms with Gasteiger partial charge in [-0.15, -0.1) is 11.8 Å². The molecule has 1 rings (SSSR count). The quantitative estimate of drug-likeness (QED) is 0.430. The van der Waals surface area contributed by atoms with E-state index in [1.165, 1.54) is 19.3 Å². The summed E-state index contributed by atoms with van der Waals surface area (Å²) in [5.41, 5.74) is 1.11. The third-order valence-electron chi connectivity index (χ3n) is 2.47. The van der Waals surface area contributed by atoms with Gasteiger partial charge < -0.3 is 0 Å². The molecule has 92 valence electrons. The van der Waals surface area contributed by atoms with Crippen LogP contribution in [0, 0.1) is 22.7 Å². The van der Waals surface area contributed by atoms with E-state index < -0.39 is 0 Å². The molecular weight excluding hydrogens is 240 g/mol. The normalized spacial score (nSPS) is 9.28. The summed E-state index contributed by atoms with van der Waals surface area (Å²) in [5, 5.41) is 17.6. The molecular formula is C15H16N2S. The zero-order valence-electron chi connectivity index (χ0n) is 10.5. The third kappa shape index (κ3) is 4.65. The molecule has 1 aromatic carbocycles. The first-order chi connectivity index (χ1) is 8.81. The highest BCUT2D eigenvalue weighted by Gasteiger charge is 2.01. The summed E-state index contributed by atoms with van der Waals surface area (Å²) < 4.78 is 0. The van der Waals surface area contributed by atoms with Gasteiger partial charge in [0.15, 0.2) is 0 Å². The lowest BCUT2D eigenvalue weighted by Gasteiger charge is -2.05. The molecule has 0 spiro atoms. The molecule has 0 amide bonds. The molecule has 0 aliphatic carbocycles. The van der Waals surface area contributed by atoms with Crippen LogP contribution in [-0.2, 0) is 0 Å². The van der Waals surface area contributed by atoms with E-state index in [-0.39, 0.29) is 5.57 Å². The molecule has 2 nitrogen and oxygen atoms in total. The van der Waals surface area contributed by atoms with E-state index in [1.807, 2.05) is 36.4 Å². The van der Waals surface area contributed by atoms with Gasteiger partial charge in [0.25, 0.3) is 0 Å². The van der Waals surface area contributed by atoms with Crippen molar-refractivity contribution in [2.24, 2.45) is 0 Å². The Morgan fingerprint density at radius 3 is 2.61 bits per heavy atom. The smallest absolute Gasteiger partial charge is 0.130 e. The van der Waals surface area contributed by atoms with E-state index in [0.29, 0.717) is 0 Å². The topological polar surface area (TPSA) is 47.6 Å². The van der Waals surface area contributed by atoms with Crippen molar-refractivity contribution in [3.05, 3.63) is 35.4 Å². The number of hydrogen-bond donors (Lipinski definition) is 0. The van der Waals surface area contributed by atoms with Crippen molar-refractivity contribution in [2.45, 2.75) is 31.1 Å². The Kier molecular flexibility index (Phi) is 6.69. The molecule has 0 aromatic heterocycles. The molecule has 0 aliphatic heterocycles. The minimum atomic E-state index is 0.150. The first kappa shape index (κ1) is 14.4. The lowest BCUT2D eigenvalue weighted by molar-refractivity contribution is 0.778. The van der Waals surface area contributed by atoms with Crippen LogP contribution in [0.5, 0.6) is 0 Å². The molecule has 0 N–H and O–H groups in total. The fraction of sp³-hybridized carbons (Fsp3) is 0.333. The van der Waals surface area contributed by atoms with Crippen LogP contribution in [0.15, 0.2) is 34.7 Å². The standard InChI is InChI=1S/C15H16N2S/c1-2-3-6-9-18-15-8-5-4-7-14(15)10-13(11-16)12-17/h4-5,7-8,10H,2-3,6,9H2,1H3. The van der Waals surface area contributed by atoms with Gasteiger partial charge in [-0.2, -0.15) is 10.5 Å². The highest BCUT2D eigenvalue weighted by Crippen LogP contribution is 2.25. The average molecular weight is 256 g/mol. The maximum atomic E-state index is 8.78. The molecule has 1 aromatic rings. The summed E-state index contributed by atoms with van der Waals surface area (Å²) in [6, 6.07) is 11.7. The fourth-order valence-electron chi connectivity index (χ4n) is 1.51. The lowest BCUT2D eigenvalue weighted by Crippen LogP contribution is -1.84. The summed E-state index contributed by atoms with van der Waals surface area (Å²) in [4.78, 5) is 1.14. The molecule has 0 heterocycles. The minimum absolute atomic E-state index is 0.150. The Hall–Kier alpha value is -1.71. The Labute approximate surface area is 113 Å². The van der Waals surface area contributed by atoms with E-state index in [9.17, 15) is 0 Å². The van der Waals surface area contributed by atoms with Crippen LogP contribution in [0.25, 0.3) is 6.08 Å². The number of unbranched alkanes of at least 4 members (excludes halogenated alkanes) is 2. The van der Waals surface area contributed by atoms with E-state index >= 15 is 0 Å². The molecule has 18 heavy (non-hydrogen) atoms. The Morgan fingerprint density at radius 1 is 1.22 bits per heavy atom. The van der Waals surface area contributed by atoms with Crippen molar-refractivity contribution in [1.29, 1.82) is 10.5 Å². The number of hydrogen-bond acceptors (Lipinski definition) is 3. The van der Waals surface area contributed by atoms with Gasteiger partial charge >= 0.3 is 0 Å². The molecule has 0 radical (unpaired) electrons. The molecule has 0 unspecified atom stereocenters. The predicted octanol–water partition coefficient (Wildman–Crippen LogP) is 4.40. The average Bonchev–Trinajstić information content (AvgIpc) is 2.42. The van der Waals surface area contributed by atoms with Crippen LogP contribution in [-0.4, -0.2) is 5.75 Å². The van der Waals surface area contributed by atoms with E-state index in [1.54, 1.807) is 17.8 Å².